The van der Waals surface area contributed by atoms with Crippen LogP contribution >= 0.6 is 11.6 Å². The first-order valence-corrected chi connectivity index (χ1v) is 11.4. The average Bonchev–Trinajstić information content (AvgIpc) is 3.21. The quantitative estimate of drug-likeness (QED) is 0.313. The number of carbonyl (C=O) groups is 1. The molecule has 3 aromatic carbocycles. The summed E-state index contributed by atoms with van der Waals surface area (Å²) in [5.74, 6) is 1.29. The number of anilines is 1. The Kier molecular flexibility index (Phi) is 6.70. The summed E-state index contributed by atoms with van der Waals surface area (Å²) in [6, 6.07) is 17.2. The number of benzene rings is 3. The number of ether oxygens (including phenoxy) is 1. The van der Waals surface area contributed by atoms with Gasteiger partial charge in [-0.3, -0.25) is 4.79 Å². The summed E-state index contributed by atoms with van der Waals surface area (Å²) in [5.41, 5.74) is 6.13. The Morgan fingerprint density at radius 2 is 1.85 bits per heavy atom. The number of amides is 1. The fraction of sp³-hybridized carbons (Fsp3) is 0.259. The number of rotatable bonds is 7. The second-order valence-electron chi connectivity index (χ2n) is 8.41. The predicted octanol–water partition coefficient (Wildman–Crippen LogP) is 7.30. The van der Waals surface area contributed by atoms with E-state index in [1.807, 2.05) is 38.1 Å². The van der Waals surface area contributed by atoms with Crippen molar-refractivity contribution in [3.05, 3.63) is 76.3 Å². The highest BCUT2D eigenvalue weighted by Gasteiger charge is 2.14. The van der Waals surface area contributed by atoms with E-state index in [9.17, 15) is 4.79 Å². The first kappa shape index (κ1) is 22.9. The third-order valence-corrected chi connectivity index (χ3v) is 5.98. The average molecular weight is 463 g/mol. The van der Waals surface area contributed by atoms with E-state index in [4.69, 9.17) is 20.8 Å². The zero-order valence-electron chi connectivity index (χ0n) is 19.2. The van der Waals surface area contributed by atoms with Crippen LogP contribution in [0.25, 0.3) is 22.6 Å². The summed E-state index contributed by atoms with van der Waals surface area (Å²) >= 11 is 6.33. The Bertz CT molecular complexity index is 1290. The van der Waals surface area contributed by atoms with Crippen LogP contribution in [0.2, 0.25) is 5.02 Å². The van der Waals surface area contributed by atoms with Gasteiger partial charge in [0, 0.05) is 5.56 Å². The highest BCUT2D eigenvalue weighted by Crippen LogP contribution is 2.32. The lowest BCUT2D eigenvalue weighted by Crippen LogP contribution is -2.20. The fourth-order valence-electron chi connectivity index (χ4n) is 3.72. The Labute approximate surface area is 198 Å². The van der Waals surface area contributed by atoms with Crippen molar-refractivity contribution in [2.45, 2.75) is 40.0 Å². The van der Waals surface area contributed by atoms with Crippen molar-refractivity contribution in [2.24, 2.45) is 0 Å². The molecule has 4 aromatic rings. The predicted molar refractivity (Wildman–Crippen MR) is 133 cm³/mol. The van der Waals surface area contributed by atoms with E-state index in [0.29, 0.717) is 28.3 Å². The zero-order valence-corrected chi connectivity index (χ0v) is 20.0. The van der Waals surface area contributed by atoms with Crippen LogP contribution in [0.1, 0.15) is 42.9 Å². The molecule has 0 saturated heterocycles. The van der Waals surface area contributed by atoms with Crippen LogP contribution in [0, 0.1) is 13.8 Å². The molecule has 1 aromatic heterocycles. The number of fused-ring (bicyclic) bond motifs is 1. The Hall–Kier alpha value is -3.31. The molecule has 33 heavy (non-hydrogen) atoms. The number of oxazole rings is 1. The molecular formula is C27H27ClN2O3. The van der Waals surface area contributed by atoms with Gasteiger partial charge in [-0.15, -0.1) is 0 Å². The molecule has 4 rings (SSSR count). The van der Waals surface area contributed by atoms with E-state index in [1.165, 1.54) is 5.56 Å². The first-order chi connectivity index (χ1) is 15.8. The number of nitrogens with one attached hydrogen (secondary N) is 1. The van der Waals surface area contributed by atoms with Gasteiger partial charge in [0.25, 0.3) is 5.91 Å². The van der Waals surface area contributed by atoms with Gasteiger partial charge in [-0.1, -0.05) is 37.6 Å². The molecule has 0 fully saturated rings. The first-order valence-electron chi connectivity index (χ1n) is 11.0. The number of nitrogens with zero attached hydrogens (tertiary/aromatic N) is 1. The normalized spacial score (nSPS) is 12.0. The van der Waals surface area contributed by atoms with Crippen LogP contribution in [-0.4, -0.2) is 17.5 Å². The molecule has 0 bridgehead atoms. The molecule has 5 nitrogen and oxygen atoms in total. The minimum atomic E-state index is -0.302. The molecule has 1 N–H and O–H groups in total. The van der Waals surface area contributed by atoms with Crippen molar-refractivity contribution in [1.29, 1.82) is 0 Å². The maximum Gasteiger partial charge on any atom is 0.262 e. The Morgan fingerprint density at radius 3 is 2.58 bits per heavy atom. The Balaban J connectivity index is 1.51. The van der Waals surface area contributed by atoms with E-state index in [2.05, 4.69) is 42.3 Å². The van der Waals surface area contributed by atoms with Gasteiger partial charge in [-0.05, 0) is 85.3 Å². The molecule has 0 aliphatic heterocycles. The number of halogens is 1. The lowest BCUT2D eigenvalue weighted by atomic mass is 9.98. The van der Waals surface area contributed by atoms with Crippen molar-refractivity contribution in [2.75, 3.05) is 11.9 Å². The van der Waals surface area contributed by atoms with Gasteiger partial charge in [-0.2, -0.15) is 0 Å². The summed E-state index contributed by atoms with van der Waals surface area (Å²) in [7, 11) is 0. The van der Waals surface area contributed by atoms with Gasteiger partial charge in [-0.25, -0.2) is 4.98 Å². The van der Waals surface area contributed by atoms with Crippen LogP contribution in [-0.2, 0) is 4.79 Å². The van der Waals surface area contributed by atoms with Crippen LogP contribution in [0.3, 0.4) is 0 Å². The number of aryl methyl sites for hydroxylation is 2. The Morgan fingerprint density at radius 1 is 1.09 bits per heavy atom. The van der Waals surface area contributed by atoms with E-state index in [-0.39, 0.29) is 12.5 Å². The SMILES string of the molecule is CCC(C)c1ccc2oc(-c3ccc(Cl)c(NC(=O)COc4cc(C)cc(C)c4)c3)nc2c1. The fourth-order valence-corrected chi connectivity index (χ4v) is 3.88. The van der Waals surface area contributed by atoms with Crippen LogP contribution < -0.4 is 10.1 Å². The monoisotopic (exact) mass is 462 g/mol. The lowest BCUT2D eigenvalue weighted by molar-refractivity contribution is -0.118. The van der Waals surface area contributed by atoms with Crippen LogP contribution in [0.5, 0.6) is 5.75 Å². The van der Waals surface area contributed by atoms with E-state index in [1.54, 1.807) is 12.1 Å². The molecular weight excluding hydrogens is 436 g/mol. The number of hydrogen-bond acceptors (Lipinski definition) is 4. The molecule has 0 spiro atoms. The number of hydrogen-bond donors (Lipinski definition) is 1. The van der Waals surface area contributed by atoms with Gasteiger partial charge >= 0.3 is 0 Å². The molecule has 1 unspecified atom stereocenters. The molecule has 6 heteroatoms. The van der Waals surface area contributed by atoms with Gasteiger partial charge in [0.05, 0.1) is 10.7 Å². The molecule has 1 atom stereocenters. The smallest absolute Gasteiger partial charge is 0.262 e. The summed E-state index contributed by atoms with van der Waals surface area (Å²) in [6.07, 6.45) is 1.06. The van der Waals surface area contributed by atoms with E-state index < -0.39 is 0 Å². The molecule has 0 radical (unpaired) electrons. The van der Waals surface area contributed by atoms with Crippen molar-refractivity contribution >= 4 is 34.3 Å². The summed E-state index contributed by atoms with van der Waals surface area (Å²) in [5, 5.41) is 3.24. The van der Waals surface area contributed by atoms with Gasteiger partial charge < -0.3 is 14.5 Å². The van der Waals surface area contributed by atoms with Crippen molar-refractivity contribution in [3.63, 3.8) is 0 Å². The molecule has 1 heterocycles. The number of carbonyl (C=O) groups excluding carboxylic acids is 1. The molecule has 0 saturated carbocycles. The molecule has 1 amide bonds. The zero-order chi connectivity index (χ0) is 23.5. The minimum Gasteiger partial charge on any atom is -0.484 e. The van der Waals surface area contributed by atoms with Gasteiger partial charge in [0.15, 0.2) is 12.2 Å². The summed E-state index contributed by atoms with van der Waals surface area (Å²) in [6.45, 7) is 8.22. The largest absolute Gasteiger partial charge is 0.484 e. The standard InChI is InChI=1S/C27H27ClN2O3/c1-5-18(4)19-7-9-25-24(13-19)30-27(33-25)20-6-8-22(28)23(14-20)29-26(31)15-32-21-11-16(2)10-17(3)12-21/h6-14,18H,5,15H2,1-4H3,(H,29,31). The summed E-state index contributed by atoms with van der Waals surface area (Å²) in [4.78, 5) is 17.1. The number of aromatic nitrogens is 1. The minimum absolute atomic E-state index is 0.120. The van der Waals surface area contributed by atoms with Crippen LogP contribution in [0.15, 0.2) is 59.0 Å². The second kappa shape index (κ2) is 9.67. The molecule has 170 valence electrons. The van der Waals surface area contributed by atoms with Gasteiger partial charge in [0.2, 0.25) is 5.89 Å². The second-order valence-corrected chi connectivity index (χ2v) is 8.82. The maximum absolute atomic E-state index is 12.5. The molecule has 0 aliphatic carbocycles. The third-order valence-electron chi connectivity index (χ3n) is 5.65. The van der Waals surface area contributed by atoms with Crippen molar-refractivity contribution in [3.8, 4) is 17.2 Å². The highest BCUT2D eigenvalue weighted by molar-refractivity contribution is 6.33. The van der Waals surface area contributed by atoms with E-state index >= 15 is 0 Å². The van der Waals surface area contributed by atoms with Crippen molar-refractivity contribution < 1.29 is 13.9 Å². The third kappa shape index (κ3) is 5.37. The highest BCUT2D eigenvalue weighted by atomic mass is 35.5. The van der Waals surface area contributed by atoms with E-state index in [0.717, 1.165) is 34.2 Å². The lowest BCUT2D eigenvalue weighted by Gasteiger charge is -2.10. The van der Waals surface area contributed by atoms with Crippen LogP contribution in [0.4, 0.5) is 5.69 Å². The topological polar surface area (TPSA) is 64.4 Å². The maximum atomic E-state index is 12.5. The van der Waals surface area contributed by atoms with Crippen molar-refractivity contribution in [1.82, 2.24) is 4.98 Å². The van der Waals surface area contributed by atoms with Gasteiger partial charge in [0.1, 0.15) is 11.3 Å². The summed E-state index contributed by atoms with van der Waals surface area (Å²) < 4.78 is 11.6. The molecule has 0 aliphatic rings.